The number of aryl methyl sites for hydroxylation is 3. The van der Waals surface area contributed by atoms with Crippen LogP contribution >= 0.6 is 0 Å². The molecule has 0 fully saturated rings. The number of likely N-dealkylation sites (N-methyl/N-ethyl adjacent to an activating group) is 1. The SMILES string of the molecule is C=C(/C=C(/Cc1ccc2ncc(C)cc2c1)NC)C(=O)NCc1cnc(C)cc1C. The van der Waals surface area contributed by atoms with E-state index < -0.39 is 0 Å². The van der Waals surface area contributed by atoms with Gasteiger partial charge in [-0.1, -0.05) is 12.6 Å². The highest BCUT2D eigenvalue weighted by molar-refractivity contribution is 5.95. The Balaban J connectivity index is 1.67. The van der Waals surface area contributed by atoms with Crippen molar-refractivity contribution in [2.24, 2.45) is 0 Å². The average Bonchev–Trinajstić information content (AvgIpc) is 2.72. The van der Waals surface area contributed by atoms with Crippen molar-refractivity contribution in [2.75, 3.05) is 7.05 Å². The molecule has 0 aliphatic rings. The van der Waals surface area contributed by atoms with E-state index in [4.69, 9.17) is 0 Å². The number of nitrogens with one attached hydrogen (secondary N) is 2. The van der Waals surface area contributed by atoms with E-state index >= 15 is 0 Å². The molecule has 0 saturated heterocycles. The summed E-state index contributed by atoms with van der Waals surface area (Å²) in [4.78, 5) is 21.2. The highest BCUT2D eigenvalue weighted by Gasteiger charge is 2.08. The summed E-state index contributed by atoms with van der Waals surface area (Å²) < 4.78 is 0. The maximum atomic E-state index is 12.5. The lowest BCUT2D eigenvalue weighted by Crippen LogP contribution is -2.24. The van der Waals surface area contributed by atoms with Crippen LogP contribution in [0.1, 0.15) is 27.9 Å². The molecule has 0 saturated carbocycles. The normalized spacial score (nSPS) is 11.4. The molecule has 0 spiro atoms. The summed E-state index contributed by atoms with van der Waals surface area (Å²) in [5, 5.41) is 7.22. The van der Waals surface area contributed by atoms with E-state index in [-0.39, 0.29) is 5.91 Å². The van der Waals surface area contributed by atoms with E-state index in [1.54, 1.807) is 12.3 Å². The van der Waals surface area contributed by atoms with E-state index in [0.29, 0.717) is 18.5 Å². The smallest absolute Gasteiger partial charge is 0.251 e. The van der Waals surface area contributed by atoms with Crippen LogP contribution in [-0.4, -0.2) is 22.9 Å². The zero-order valence-corrected chi connectivity index (χ0v) is 18.0. The van der Waals surface area contributed by atoms with Crippen LogP contribution in [0.2, 0.25) is 0 Å². The van der Waals surface area contributed by atoms with E-state index in [9.17, 15) is 4.79 Å². The number of carbonyl (C=O) groups excluding carboxylic acids is 1. The van der Waals surface area contributed by atoms with Crippen LogP contribution in [0.25, 0.3) is 10.9 Å². The Morgan fingerprint density at radius 3 is 2.63 bits per heavy atom. The first kappa shape index (κ1) is 21.2. The molecule has 0 unspecified atom stereocenters. The number of nitrogens with zero attached hydrogens (tertiary/aromatic N) is 2. The molecule has 154 valence electrons. The predicted octanol–water partition coefficient (Wildman–Crippen LogP) is 4.07. The van der Waals surface area contributed by atoms with Gasteiger partial charge in [0.15, 0.2) is 0 Å². The van der Waals surface area contributed by atoms with Gasteiger partial charge >= 0.3 is 0 Å². The van der Waals surface area contributed by atoms with Gasteiger partial charge in [-0.2, -0.15) is 0 Å². The molecule has 1 aromatic carbocycles. The number of pyridine rings is 2. The summed E-state index contributed by atoms with van der Waals surface area (Å²) in [6, 6.07) is 10.4. The Kier molecular flexibility index (Phi) is 6.62. The van der Waals surface area contributed by atoms with Gasteiger partial charge in [-0.3, -0.25) is 14.8 Å². The van der Waals surface area contributed by atoms with Gasteiger partial charge in [0, 0.05) is 54.8 Å². The summed E-state index contributed by atoms with van der Waals surface area (Å²) in [6.07, 6.45) is 6.15. The number of benzene rings is 1. The first-order valence-corrected chi connectivity index (χ1v) is 9.98. The fourth-order valence-electron chi connectivity index (χ4n) is 3.31. The lowest BCUT2D eigenvalue weighted by Gasteiger charge is -2.11. The summed E-state index contributed by atoms with van der Waals surface area (Å²) in [5.74, 6) is -0.193. The third-order valence-corrected chi connectivity index (χ3v) is 5.03. The summed E-state index contributed by atoms with van der Waals surface area (Å²) >= 11 is 0. The number of hydrogen-bond donors (Lipinski definition) is 2. The number of rotatable bonds is 7. The second-order valence-corrected chi connectivity index (χ2v) is 7.60. The lowest BCUT2D eigenvalue weighted by molar-refractivity contribution is -0.117. The molecule has 5 heteroatoms. The van der Waals surface area contributed by atoms with E-state index in [0.717, 1.165) is 44.5 Å². The molecule has 0 aliphatic carbocycles. The van der Waals surface area contributed by atoms with Crippen LogP contribution in [0.3, 0.4) is 0 Å². The molecule has 1 amide bonds. The number of amides is 1. The van der Waals surface area contributed by atoms with Gasteiger partial charge in [0.1, 0.15) is 0 Å². The summed E-state index contributed by atoms with van der Waals surface area (Å²) in [6.45, 7) is 10.4. The topological polar surface area (TPSA) is 66.9 Å². The highest BCUT2D eigenvalue weighted by Crippen LogP contribution is 2.17. The van der Waals surface area contributed by atoms with Gasteiger partial charge in [-0.05, 0) is 73.4 Å². The van der Waals surface area contributed by atoms with Crippen LogP contribution in [0, 0.1) is 20.8 Å². The third-order valence-electron chi connectivity index (χ3n) is 5.03. The maximum Gasteiger partial charge on any atom is 0.251 e. The largest absolute Gasteiger partial charge is 0.391 e. The fraction of sp³-hybridized carbons (Fsp3) is 0.240. The Bertz CT molecular complexity index is 1130. The van der Waals surface area contributed by atoms with Crippen molar-refractivity contribution in [1.82, 2.24) is 20.6 Å². The van der Waals surface area contributed by atoms with E-state index in [2.05, 4.69) is 45.4 Å². The zero-order chi connectivity index (χ0) is 21.7. The summed E-state index contributed by atoms with van der Waals surface area (Å²) in [7, 11) is 1.85. The molecule has 5 nitrogen and oxygen atoms in total. The van der Waals surface area contributed by atoms with Gasteiger partial charge in [-0.15, -0.1) is 0 Å². The average molecular weight is 401 g/mol. The van der Waals surface area contributed by atoms with Gasteiger partial charge in [0.2, 0.25) is 0 Å². The van der Waals surface area contributed by atoms with Crippen molar-refractivity contribution in [2.45, 2.75) is 33.7 Å². The zero-order valence-electron chi connectivity index (χ0n) is 18.0. The Morgan fingerprint density at radius 1 is 1.10 bits per heavy atom. The third kappa shape index (κ3) is 5.32. The number of hydrogen-bond acceptors (Lipinski definition) is 4. The van der Waals surface area contributed by atoms with Crippen molar-refractivity contribution in [3.05, 3.63) is 94.6 Å². The van der Waals surface area contributed by atoms with Crippen LogP contribution in [0.5, 0.6) is 0 Å². The monoisotopic (exact) mass is 400 g/mol. The molecule has 2 heterocycles. The van der Waals surface area contributed by atoms with Crippen LogP contribution in [-0.2, 0) is 17.8 Å². The number of aromatic nitrogens is 2. The quantitative estimate of drug-likeness (QED) is 0.463. The molecule has 3 aromatic rings. The van der Waals surface area contributed by atoms with E-state index in [1.165, 1.54) is 0 Å². The molecule has 2 N–H and O–H groups in total. The van der Waals surface area contributed by atoms with Crippen molar-refractivity contribution in [1.29, 1.82) is 0 Å². The minimum Gasteiger partial charge on any atom is -0.391 e. The predicted molar refractivity (Wildman–Crippen MR) is 122 cm³/mol. The van der Waals surface area contributed by atoms with Crippen molar-refractivity contribution in [3.63, 3.8) is 0 Å². The van der Waals surface area contributed by atoms with Crippen LogP contribution in [0.4, 0.5) is 0 Å². The van der Waals surface area contributed by atoms with Crippen molar-refractivity contribution >= 4 is 16.8 Å². The minimum atomic E-state index is -0.193. The standard InChI is InChI=1S/C25H28N4O/c1-16-8-21-11-20(6-7-24(21)28-13-16)12-23(26-5)10-18(3)25(30)29-15-22-14-27-19(4)9-17(22)2/h6-11,13-14,26H,3,12,15H2,1-2,4-5H3,(H,29,30)/b23-10-. The van der Waals surface area contributed by atoms with Crippen LogP contribution < -0.4 is 10.6 Å². The van der Waals surface area contributed by atoms with Crippen LogP contribution in [0.15, 0.2) is 66.7 Å². The molecule has 0 bridgehead atoms. The molecule has 0 aliphatic heterocycles. The molecular formula is C25H28N4O. The second-order valence-electron chi connectivity index (χ2n) is 7.60. The van der Waals surface area contributed by atoms with Gasteiger partial charge in [0.25, 0.3) is 5.91 Å². The number of allylic oxidation sites excluding steroid dienone is 1. The first-order valence-electron chi connectivity index (χ1n) is 9.98. The lowest BCUT2D eigenvalue weighted by atomic mass is 10.0. The molecule has 2 aromatic heterocycles. The van der Waals surface area contributed by atoms with Crippen molar-refractivity contribution in [3.8, 4) is 0 Å². The summed E-state index contributed by atoms with van der Waals surface area (Å²) in [5.41, 5.74) is 7.66. The first-order chi connectivity index (χ1) is 14.4. The van der Waals surface area contributed by atoms with Gasteiger partial charge < -0.3 is 10.6 Å². The molecule has 3 rings (SSSR count). The molecule has 30 heavy (non-hydrogen) atoms. The second kappa shape index (κ2) is 9.35. The van der Waals surface area contributed by atoms with Gasteiger partial charge in [0.05, 0.1) is 5.52 Å². The minimum absolute atomic E-state index is 0.193. The van der Waals surface area contributed by atoms with Crippen molar-refractivity contribution < 1.29 is 4.79 Å². The Morgan fingerprint density at radius 2 is 1.90 bits per heavy atom. The van der Waals surface area contributed by atoms with E-state index in [1.807, 2.05) is 46.1 Å². The maximum absolute atomic E-state index is 12.5. The highest BCUT2D eigenvalue weighted by atomic mass is 16.1. The molecular weight excluding hydrogens is 372 g/mol. The van der Waals surface area contributed by atoms with Gasteiger partial charge in [-0.25, -0.2) is 0 Å². The Labute approximate surface area is 178 Å². The molecule has 0 atom stereocenters. The fourth-order valence-corrected chi connectivity index (χ4v) is 3.31. The number of carbonyl (C=O) groups is 1. The Hall–Kier alpha value is -3.47. The molecule has 0 radical (unpaired) electrons. The number of fused-ring (bicyclic) bond motifs is 1.